The van der Waals surface area contributed by atoms with Crippen LogP contribution in [0.1, 0.15) is 37.3 Å². The van der Waals surface area contributed by atoms with Crippen LogP contribution < -0.4 is 16.2 Å². The van der Waals surface area contributed by atoms with Gasteiger partial charge in [0.15, 0.2) is 0 Å². The summed E-state index contributed by atoms with van der Waals surface area (Å²) in [7, 11) is 0. The van der Waals surface area contributed by atoms with Crippen LogP contribution in [-0.4, -0.2) is 46.4 Å². The van der Waals surface area contributed by atoms with Crippen molar-refractivity contribution in [1.82, 2.24) is 19.9 Å². The summed E-state index contributed by atoms with van der Waals surface area (Å²) in [6.07, 6.45) is 7.18. The van der Waals surface area contributed by atoms with Gasteiger partial charge in [-0.05, 0) is 62.1 Å². The largest absolute Gasteiger partial charge is 0.381 e. The molecule has 0 spiro atoms. The maximum atomic E-state index is 14.3. The number of anilines is 1. The smallest absolute Gasteiger partial charge is 0.251 e. The van der Waals surface area contributed by atoms with Crippen molar-refractivity contribution in [2.75, 3.05) is 25.1 Å². The van der Waals surface area contributed by atoms with Gasteiger partial charge in [0.05, 0.1) is 16.8 Å². The average Bonchev–Trinajstić information content (AvgIpc) is 3.38. The molecule has 2 atom stereocenters. The standard InChI is InChI=1S/C25H27ClFN5O2/c26-19-4-3-17(14-20(19)27)24(22-2-1-9-28-22)32-11-6-16(15-23(32)33)21-5-10-29-25(31-21)30-18-7-12-34-13-8-18/h3-6,10-11,14-15,18,22,24,28H,1-2,7-9,12-13H2,(H,29,30,31)/t22-,24?/m1/s1. The third kappa shape index (κ3) is 4.99. The van der Waals surface area contributed by atoms with Gasteiger partial charge in [0, 0.05) is 49.3 Å². The molecule has 2 aromatic heterocycles. The lowest BCUT2D eigenvalue weighted by Gasteiger charge is -2.27. The molecule has 2 fully saturated rings. The Hall–Kier alpha value is -2.81. The SMILES string of the molecule is O=c1cc(-c2ccnc(NC3CCOCC3)n2)ccn1C(c1ccc(Cl)c(F)c1)[C@H]1CCCN1. The van der Waals surface area contributed by atoms with E-state index in [1.807, 2.05) is 6.07 Å². The fraction of sp³-hybridized carbons (Fsp3) is 0.400. The molecule has 0 aliphatic carbocycles. The van der Waals surface area contributed by atoms with Crippen molar-refractivity contribution in [2.24, 2.45) is 0 Å². The highest BCUT2D eigenvalue weighted by Crippen LogP contribution is 2.29. The number of rotatable bonds is 6. The number of pyridine rings is 1. The number of hydrogen-bond acceptors (Lipinski definition) is 6. The van der Waals surface area contributed by atoms with E-state index < -0.39 is 5.82 Å². The first-order valence-electron chi connectivity index (χ1n) is 11.7. The van der Waals surface area contributed by atoms with Crippen LogP contribution in [0, 0.1) is 5.82 Å². The summed E-state index contributed by atoms with van der Waals surface area (Å²) >= 11 is 5.90. The van der Waals surface area contributed by atoms with E-state index in [1.165, 1.54) is 6.07 Å². The molecule has 178 valence electrons. The van der Waals surface area contributed by atoms with Gasteiger partial charge in [-0.1, -0.05) is 17.7 Å². The fourth-order valence-electron chi connectivity index (χ4n) is 4.76. The van der Waals surface area contributed by atoms with Gasteiger partial charge >= 0.3 is 0 Å². The quantitative estimate of drug-likeness (QED) is 0.551. The van der Waals surface area contributed by atoms with E-state index in [2.05, 4.69) is 20.6 Å². The van der Waals surface area contributed by atoms with E-state index in [0.29, 0.717) is 22.8 Å². The molecule has 3 aromatic rings. The molecule has 2 aliphatic rings. The Balaban J connectivity index is 1.44. The topological polar surface area (TPSA) is 81.1 Å². The van der Waals surface area contributed by atoms with Crippen molar-refractivity contribution in [3.63, 3.8) is 0 Å². The van der Waals surface area contributed by atoms with Crippen LogP contribution in [0.3, 0.4) is 0 Å². The Bertz CT molecular complexity index is 1210. The second kappa shape index (κ2) is 10.2. The van der Waals surface area contributed by atoms with Crippen LogP contribution in [0.5, 0.6) is 0 Å². The summed E-state index contributed by atoms with van der Waals surface area (Å²) in [4.78, 5) is 22.2. The number of nitrogens with one attached hydrogen (secondary N) is 2. The van der Waals surface area contributed by atoms with Crippen LogP contribution in [0.25, 0.3) is 11.3 Å². The fourth-order valence-corrected chi connectivity index (χ4v) is 4.87. The predicted octanol–water partition coefficient (Wildman–Crippen LogP) is 4.03. The first-order valence-corrected chi connectivity index (χ1v) is 12.0. The molecule has 0 amide bonds. The Morgan fingerprint density at radius 2 is 2.03 bits per heavy atom. The summed E-state index contributed by atoms with van der Waals surface area (Å²) in [6, 6.07) is 9.95. The minimum absolute atomic E-state index is 0.0263. The Labute approximate surface area is 202 Å². The van der Waals surface area contributed by atoms with Gasteiger partial charge in [0.25, 0.3) is 5.56 Å². The Morgan fingerprint density at radius 3 is 2.76 bits per heavy atom. The van der Waals surface area contributed by atoms with E-state index >= 15 is 0 Å². The maximum Gasteiger partial charge on any atom is 0.251 e. The molecule has 4 heterocycles. The zero-order valence-electron chi connectivity index (χ0n) is 18.7. The zero-order valence-corrected chi connectivity index (χ0v) is 19.5. The van der Waals surface area contributed by atoms with Crippen molar-refractivity contribution in [3.8, 4) is 11.3 Å². The molecule has 1 unspecified atom stereocenters. The van der Waals surface area contributed by atoms with Gasteiger partial charge in [0.2, 0.25) is 5.95 Å². The molecule has 7 nitrogen and oxygen atoms in total. The summed E-state index contributed by atoms with van der Waals surface area (Å²) in [5, 5.41) is 6.89. The highest BCUT2D eigenvalue weighted by Gasteiger charge is 2.29. The molecule has 0 saturated carbocycles. The van der Waals surface area contributed by atoms with Crippen LogP contribution in [0.4, 0.5) is 10.3 Å². The molecular weight excluding hydrogens is 457 g/mol. The predicted molar refractivity (Wildman–Crippen MR) is 130 cm³/mol. The molecule has 1 aromatic carbocycles. The first-order chi connectivity index (χ1) is 16.6. The first kappa shape index (κ1) is 23.0. The molecule has 2 saturated heterocycles. The normalized spacial score (nSPS) is 19.8. The highest BCUT2D eigenvalue weighted by atomic mass is 35.5. The molecule has 2 aliphatic heterocycles. The Morgan fingerprint density at radius 1 is 1.18 bits per heavy atom. The van der Waals surface area contributed by atoms with Gasteiger partial charge in [-0.3, -0.25) is 4.79 Å². The molecule has 2 N–H and O–H groups in total. The second-order valence-electron chi connectivity index (χ2n) is 8.78. The van der Waals surface area contributed by atoms with E-state index in [1.54, 1.807) is 41.2 Å². The van der Waals surface area contributed by atoms with Crippen LogP contribution in [0.2, 0.25) is 5.02 Å². The molecule has 9 heteroatoms. The van der Waals surface area contributed by atoms with Crippen molar-refractivity contribution < 1.29 is 9.13 Å². The number of halogens is 2. The zero-order chi connectivity index (χ0) is 23.5. The monoisotopic (exact) mass is 483 g/mol. The van der Waals surface area contributed by atoms with E-state index in [9.17, 15) is 9.18 Å². The van der Waals surface area contributed by atoms with Gasteiger partial charge < -0.3 is 19.9 Å². The average molecular weight is 484 g/mol. The van der Waals surface area contributed by atoms with Crippen LogP contribution >= 0.6 is 11.6 Å². The van der Waals surface area contributed by atoms with Crippen LogP contribution in [0.15, 0.2) is 53.6 Å². The minimum Gasteiger partial charge on any atom is -0.381 e. The van der Waals surface area contributed by atoms with Gasteiger partial charge in [0.1, 0.15) is 5.82 Å². The number of aromatic nitrogens is 3. The molecule has 0 radical (unpaired) electrons. The van der Waals surface area contributed by atoms with Crippen molar-refractivity contribution in [2.45, 2.75) is 43.8 Å². The summed E-state index contributed by atoms with van der Waals surface area (Å²) < 4.78 is 21.3. The van der Waals surface area contributed by atoms with Crippen molar-refractivity contribution in [1.29, 1.82) is 0 Å². The number of nitrogens with zero attached hydrogens (tertiary/aromatic N) is 3. The van der Waals surface area contributed by atoms with Gasteiger partial charge in [-0.25, -0.2) is 14.4 Å². The number of ether oxygens (including phenoxy) is 1. The molecule has 0 bridgehead atoms. The maximum absolute atomic E-state index is 14.3. The third-order valence-electron chi connectivity index (χ3n) is 6.52. The van der Waals surface area contributed by atoms with Gasteiger partial charge in [-0.15, -0.1) is 0 Å². The van der Waals surface area contributed by atoms with E-state index in [-0.39, 0.29) is 28.7 Å². The number of benzene rings is 1. The lowest BCUT2D eigenvalue weighted by Crippen LogP contribution is -2.38. The Kier molecular flexibility index (Phi) is 6.89. The molecule has 5 rings (SSSR count). The molecular formula is C25H27ClFN5O2. The molecule has 34 heavy (non-hydrogen) atoms. The van der Waals surface area contributed by atoms with Crippen LogP contribution in [-0.2, 0) is 4.74 Å². The third-order valence-corrected chi connectivity index (χ3v) is 6.82. The lowest BCUT2D eigenvalue weighted by atomic mass is 9.97. The number of hydrogen-bond donors (Lipinski definition) is 2. The minimum atomic E-state index is -0.489. The highest BCUT2D eigenvalue weighted by molar-refractivity contribution is 6.30. The lowest BCUT2D eigenvalue weighted by molar-refractivity contribution is 0.0903. The summed E-state index contributed by atoms with van der Waals surface area (Å²) in [6.45, 7) is 2.32. The second-order valence-corrected chi connectivity index (χ2v) is 9.19. The summed E-state index contributed by atoms with van der Waals surface area (Å²) in [5.74, 6) is 0.0515. The van der Waals surface area contributed by atoms with E-state index in [0.717, 1.165) is 45.4 Å². The van der Waals surface area contributed by atoms with E-state index in [4.69, 9.17) is 16.3 Å². The summed E-state index contributed by atoms with van der Waals surface area (Å²) in [5.41, 5.74) is 1.91. The van der Waals surface area contributed by atoms with Crippen molar-refractivity contribution >= 4 is 17.5 Å². The van der Waals surface area contributed by atoms with Gasteiger partial charge in [-0.2, -0.15) is 0 Å². The van der Waals surface area contributed by atoms with Crippen molar-refractivity contribution in [3.05, 3.63) is 75.5 Å².